The topological polar surface area (TPSA) is 43.4 Å². The standard InChI is InChI=1S/C13H18O3/c1-8-6-11(15)7-10-4-3-5-12(13(8)10)16-9(2)14/h7-8,12-13H,3-6H2,1-2H3/t8-,12+,13+/m1/s1. The summed E-state index contributed by atoms with van der Waals surface area (Å²) in [5.41, 5.74) is 1.20. The predicted molar refractivity (Wildman–Crippen MR) is 59.8 cm³/mol. The molecule has 0 aliphatic heterocycles. The van der Waals surface area contributed by atoms with Gasteiger partial charge in [0.1, 0.15) is 6.10 Å². The summed E-state index contributed by atoms with van der Waals surface area (Å²) in [5, 5.41) is 0. The highest BCUT2D eigenvalue weighted by Crippen LogP contribution is 2.40. The highest BCUT2D eigenvalue weighted by Gasteiger charge is 2.38. The van der Waals surface area contributed by atoms with Crippen molar-refractivity contribution in [1.29, 1.82) is 0 Å². The van der Waals surface area contributed by atoms with Crippen LogP contribution in [0.2, 0.25) is 0 Å². The molecule has 0 aromatic carbocycles. The molecule has 0 bridgehead atoms. The third-order valence-electron chi connectivity index (χ3n) is 3.58. The van der Waals surface area contributed by atoms with E-state index in [1.807, 2.05) is 0 Å². The third-order valence-corrected chi connectivity index (χ3v) is 3.58. The van der Waals surface area contributed by atoms with Gasteiger partial charge < -0.3 is 4.74 Å². The minimum Gasteiger partial charge on any atom is -0.462 e. The van der Waals surface area contributed by atoms with Crippen molar-refractivity contribution in [3.05, 3.63) is 11.6 Å². The van der Waals surface area contributed by atoms with Crippen molar-refractivity contribution < 1.29 is 14.3 Å². The Kier molecular flexibility index (Phi) is 3.13. The van der Waals surface area contributed by atoms with Gasteiger partial charge in [-0.05, 0) is 31.3 Å². The molecule has 0 saturated heterocycles. The summed E-state index contributed by atoms with van der Waals surface area (Å²) in [6.45, 7) is 3.54. The van der Waals surface area contributed by atoms with Gasteiger partial charge in [0.2, 0.25) is 0 Å². The Bertz CT molecular complexity index is 343. The number of carbonyl (C=O) groups is 2. The monoisotopic (exact) mass is 222 g/mol. The van der Waals surface area contributed by atoms with Crippen molar-refractivity contribution in [3.8, 4) is 0 Å². The van der Waals surface area contributed by atoms with Crippen LogP contribution in [0.3, 0.4) is 0 Å². The van der Waals surface area contributed by atoms with Gasteiger partial charge in [0.05, 0.1) is 0 Å². The minimum atomic E-state index is -0.213. The number of hydrogen-bond donors (Lipinski definition) is 0. The molecule has 2 aliphatic rings. The molecule has 88 valence electrons. The van der Waals surface area contributed by atoms with E-state index in [4.69, 9.17) is 4.74 Å². The molecule has 2 rings (SSSR count). The molecular weight excluding hydrogens is 204 g/mol. The maximum Gasteiger partial charge on any atom is 0.302 e. The molecule has 0 radical (unpaired) electrons. The molecule has 1 saturated carbocycles. The first kappa shape index (κ1) is 11.4. The normalized spacial score (nSPS) is 34.0. The quantitative estimate of drug-likeness (QED) is 0.639. The summed E-state index contributed by atoms with van der Waals surface area (Å²) in [6, 6.07) is 0. The van der Waals surface area contributed by atoms with Crippen LogP contribution in [-0.2, 0) is 14.3 Å². The van der Waals surface area contributed by atoms with E-state index in [9.17, 15) is 9.59 Å². The molecule has 3 nitrogen and oxygen atoms in total. The number of ether oxygens (including phenoxy) is 1. The van der Waals surface area contributed by atoms with Crippen LogP contribution in [-0.4, -0.2) is 17.9 Å². The van der Waals surface area contributed by atoms with Gasteiger partial charge in [-0.1, -0.05) is 12.5 Å². The fraction of sp³-hybridized carbons (Fsp3) is 0.692. The van der Waals surface area contributed by atoms with E-state index < -0.39 is 0 Å². The van der Waals surface area contributed by atoms with E-state index in [0.717, 1.165) is 19.3 Å². The zero-order valence-electron chi connectivity index (χ0n) is 9.86. The van der Waals surface area contributed by atoms with E-state index >= 15 is 0 Å². The molecule has 0 aromatic rings. The Labute approximate surface area is 95.9 Å². The number of ketones is 1. The Morgan fingerprint density at radius 1 is 1.50 bits per heavy atom. The zero-order valence-corrected chi connectivity index (χ0v) is 9.86. The molecular formula is C13H18O3. The summed E-state index contributed by atoms with van der Waals surface area (Å²) in [7, 11) is 0. The Morgan fingerprint density at radius 3 is 2.94 bits per heavy atom. The molecule has 3 heteroatoms. The second-order valence-electron chi connectivity index (χ2n) is 4.93. The van der Waals surface area contributed by atoms with Gasteiger partial charge in [-0.15, -0.1) is 0 Å². The molecule has 0 spiro atoms. The van der Waals surface area contributed by atoms with E-state index in [1.165, 1.54) is 12.5 Å². The highest BCUT2D eigenvalue weighted by atomic mass is 16.5. The number of allylic oxidation sites excluding steroid dienone is 1. The van der Waals surface area contributed by atoms with Gasteiger partial charge in [-0.2, -0.15) is 0 Å². The maximum absolute atomic E-state index is 11.5. The van der Waals surface area contributed by atoms with E-state index in [-0.39, 0.29) is 23.8 Å². The molecule has 16 heavy (non-hydrogen) atoms. The van der Waals surface area contributed by atoms with Gasteiger partial charge >= 0.3 is 5.97 Å². The lowest BCUT2D eigenvalue weighted by atomic mass is 9.70. The lowest BCUT2D eigenvalue weighted by molar-refractivity contribution is -0.150. The largest absolute Gasteiger partial charge is 0.462 e. The third kappa shape index (κ3) is 2.18. The first-order valence-electron chi connectivity index (χ1n) is 5.98. The fourth-order valence-electron chi connectivity index (χ4n) is 3.05. The zero-order chi connectivity index (χ0) is 11.7. The van der Waals surface area contributed by atoms with Crippen LogP contribution in [0.4, 0.5) is 0 Å². The van der Waals surface area contributed by atoms with Crippen LogP contribution in [0.25, 0.3) is 0 Å². The number of esters is 1. The Balaban J connectivity index is 2.20. The predicted octanol–water partition coefficient (Wildman–Crippen LogP) is 2.25. The van der Waals surface area contributed by atoms with Crippen LogP contribution in [0.15, 0.2) is 11.6 Å². The summed E-state index contributed by atoms with van der Waals surface area (Å²) in [4.78, 5) is 22.5. The average Bonchev–Trinajstić information content (AvgIpc) is 2.15. The number of carbonyl (C=O) groups excluding carboxylic acids is 2. The lowest BCUT2D eigenvalue weighted by Gasteiger charge is -2.39. The summed E-state index contributed by atoms with van der Waals surface area (Å²) >= 11 is 0. The van der Waals surface area contributed by atoms with E-state index in [1.54, 1.807) is 6.08 Å². The van der Waals surface area contributed by atoms with E-state index in [2.05, 4.69) is 6.92 Å². The Hall–Kier alpha value is -1.12. The lowest BCUT2D eigenvalue weighted by Crippen LogP contribution is -2.38. The molecule has 3 atom stereocenters. The van der Waals surface area contributed by atoms with Crippen molar-refractivity contribution in [3.63, 3.8) is 0 Å². The van der Waals surface area contributed by atoms with Crippen molar-refractivity contribution in [2.45, 2.75) is 45.6 Å². The number of fused-ring (bicyclic) bond motifs is 1. The molecule has 0 unspecified atom stereocenters. The molecule has 0 aromatic heterocycles. The maximum atomic E-state index is 11.5. The first-order chi connectivity index (χ1) is 7.58. The number of hydrogen-bond acceptors (Lipinski definition) is 3. The van der Waals surface area contributed by atoms with Crippen LogP contribution in [0.5, 0.6) is 0 Å². The van der Waals surface area contributed by atoms with Crippen LogP contribution in [0, 0.1) is 11.8 Å². The van der Waals surface area contributed by atoms with Gasteiger partial charge in [0, 0.05) is 19.3 Å². The van der Waals surface area contributed by atoms with Crippen molar-refractivity contribution >= 4 is 11.8 Å². The second-order valence-corrected chi connectivity index (χ2v) is 4.93. The molecule has 0 N–H and O–H groups in total. The Morgan fingerprint density at radius 2 is 2.25 bits per heavy atom. The smallest absolute Gasteiger partial charge is 0.302 e. The molecule has 1 fully saturated rings. The average molecular weight is 222 g/mol. The fourth-order valence-corrected chi connectivity index (χ4v) is 3.05. The SMILES string of the molecule is CC(=O)O[C@H]1CCCC2=CC(=O)C[C@@H](C)[C@@H]21. The van der Waals surface area contributed by atoms with Gasteiger partial charge in [-0.25, -0.2) is 0 Å². The second kappa shape index (κ2) is 4.40. The summed E-state index contributed by atoms with van der Waals surface area (Å²) in [6.07, 6.45) is 5.28. The summed E-state index contributed by atoms with van der Waals surface area (Å²) in [5.74, 6) is 0.588. The summed E-state index contributed by atoms with van der Waals surface area (Å²) < 4.78 is 5.38. The van der Waals surface area contributed by atoms with Crippen molar-refractivity contribution in [2.24, 2.45) is 11.8 Å². The van der Waals surface area contributed by atoms with Crippen LogP contribution >= 0.6 is 0 Å². The van der Waals surface area contributed by atoms with Gasteiger partial charge in [0.25, 0.3) is 0 Å². The van der Waals surface area contributed by atoms with E-state index in [0.29, 0.717) is 12.3 Å². The van der Waals surface area contributed by atoms with Crippen LogP contribution < -0.4 is 0 Å². The molecule has 2 aliphatic carbocycles. The van der Waals surface area contributed by atoms with Crippen molar-refractivity contribution in [1.82, 2.24) is 0 Å². The number of rotatable bonds is 1. The van der Waals surface area contributed by atoms with Crippen molar-refractivity contribution in [2.75, 3.05) is 0 Å². The highest BCUT2D eigenvalue weighted by molar-refractivity contribution is 5.91. The first-order valence-corrected chi connectivity index (χ1v) is 5.98. The van der Waals surface area contributed by atoms with Crippen LogP contribution in [0.1, 0.15) is 39.5 Å². The molecule has 0 heterocycles. The molecule has 0 amide bonds. The van der Waals surface area contributed by atoms with Gasteiger partial charge in [0.15, 0.2) is 5.78 Å². The van der Waals surface area contributed by atoms with Gasteiger partial charge in [-0.3, -0.25) is 9.59 Å². The minimum absolute atomic E-state index is 0.0133.